The number of hydrogen-bond acceptors (Lipinski definition) is 2. The lowest BCUT2D eigenvalue weighted by Crippen LogP contribution is -2.70. The maximum absolute atomic E-state index is 12.8. The van der Waals surface area contributed by atoms with E-state index in [1.165, 1.54) is 19.3 Å². The van der Waals surface area contributed by atoms with Gasteiger partial charge in [0.05, 0.1) is 0 Å². The fourth-order valence-electron chi connectivity index (χ4n) is 3.53. The van der Waals surface area contributed by atoms with Crippen molar-refractivity contribution in [3.05, 3.63) is 0 Å². The molecule has 4 heteroatoms. The molecule has 19 heavy (non-hydrogen) atoms. The lowest BCUT2D eigenvalue weighted by molar-refractivity contribution is -0.157. The van der Waals surface area contributed by atoms with Gasteiger partial charge in [0.25, 0.3) is 0 Å². The monoisotopic (exact) mass is 264 g/mol. The third-order valence-corrected chi connectivity index (χ3v) is 5.44. The number of carbonyl (C=O) groups excluding carboxylic acids is 2. The van der Waals surface area contributed by atoms with Crippen LogP contribution in [-0.2, 0) is 9.59 Å². The van der Waals surface area contributed by atoms with Gasteiger partial charge in [-0.3, -0.25) is 9.59 Å². The Labute approximate surface area is 114 Å². The molecule has 0 spiro atoms. The van der Waals surface area contributed by atoms with Gasteiger partial charge in [0.15, 0.2) is 0 Å². The largest absolute Gasteiger partial charge is 0.340 e. The van der Waals surface area contributed by atoms with E-state index in [-0.39, 0.29) is 23.3 Å². The van der Waals surface area contributed by atoms with Crippen LogP contribution in [0.3, 0.4) is 0 Å². The minimum atomic E-state index is -0.649. The van der Waals surface area contributed by atoms with Crippen LogP contribution >= 0.6 is 0 Å². The summed E-state index contributed by atoms with van der Waals surface area (Å²) >= 11 is 0. The van der Waals surface area contributed by atoms with Gasteiger partial charge in [-0.2, -0.15) is 0 Å². The molecule has 0 aromatic carbocycles. The van der Waals surface area contributed by atoms with Gasteiger partial charge in [-0.05, 0) is 50.9 Å². The standard InChI is InChI=1S/C15H24N2O2/c1-10-12(18)16-15(3,11-5-6-11)13(19)17(10)9-14(2)7-4-8-14/h10-11H,4-9H2,1-3H3,(H,16,18). The number of amides is 2. The molecular weight excluding hydrogens is 240 g/mol. The van der Waals surface area contributed by atoms with E-state index in [1.807, 2.05) is 18.7 Å². The first-order valence-corrected chi connectivity index (χ1v) is 7.49. The molecule has 0 radical (unpaired) electrons. The molecule has 2 atom stereocenters. The summed E-state index contributed by atoms with van der Waals surface area (Å²) in [5.41, 5.74) is -0.421. The van der Waals surface area contributed by atoms with E-state index < -0.39 is 5.54 Å². The number of piperazine rings is 1. The summed E-state index contributed by atoms with van der Waals surface area (Å²) < 4.78 is 0. The molecule has 2 aliphatic carbocycles. The van der Waals surface area contributed by atoms with Crippen LogP contribution in [0.2, 0.25) is 0 Å². The van der Waals surface area contributed by atoms with Crippen LogP contribution < -0.4 is 5.32 Å². The summed E-state index contributed by atoms with van der Waals surface area (Å²) in [5.74, 6) is 0.486. The Kier molecular flexibility index (Phi) is 2.70. The van der Waals surface area contributed by atoms with Crippen molar-refractivity contribution in [3.8, 4) is 0 Å². The number of carbonyl (C=O) groups is 2. The van der Waals surface area contributed by atoms with Crippen LogP contribution in [0.25, 0.3) is 0 Å². The highest BCUT2D eigenvalue weighted by Gasteiger charge is 2.55. The zero-order valence-electron chi connectivity index (χ0n) is 12.2. The second-order valence-electron chi connectivity index (χ2n) is 7.24. The molecule has 106 valence electrons. The maximum Gasteiger partial charge on any atom is 0.249 e. The predicted octanol–water partition coefficient (Wildman–Crippen LogP) is 1.69. The highest BCUT2D eigenvalue weighted by atomic mass is 16.2. The number of hydrogen-bond donors (Lipinski definition) is 1. The van der Waals surface area contributed by atoms with Gasteiger partial charge in [0.1, 0.15) is 11.6 Å². The molecule has 2 saturated carbocycles. The summed E-state index contributed by atoms with van der Waals surface area (Å²) in [6, 6.07) is -0.322. The maximum atomic E-state index is 12.8. The molecule has 0 aromatic heterocycles. The quantitative estimate of drug-likeness (QED) is 0.843. The second kappa shape index (κ2) is 3.97. The van der Waals surface area contributed by atoms with E-state index in [0.717, 1.165) is 19.4 Å². The van der Waals surface area contributed by atoms with Crippen LogP contribution in [0.4, 0.5) is 0 Å². The van der Waals surface area contributed by atoms with Gasteiger partial charge in [0.2, 0.25) is 11.8 Å². The summed E-state index contributed by atoms with van der Waals surface area (Å²) in [6.45, 7) is 6.73. The SMILES string of the molecule is CC1C(=O)NC(C)(C2CC2)C(=O)N1CC1(C)CCC1. The van der Waals surface area contributed by atoms with Crippen molar-refractivity contribution in [2.45, 2.75) is 64.5 Å². The summed E-state index contributed by atoms with van der Waals surface area (Å²) in [5, 5.41) is 2.98. The topological polar surface area (TPSA) is 49.4 Å². The molecule has 2 unspecified atom stereocenters. The molecule has 1 aliphatic heterocycles. The van der Waals surface area contributed by atoms with Crippen LogP contribution in [0.15, 0.2) is 0 Å². The zero-order chi connectivity index (χ0) is 13.8. The van der Waals surface area contributed by atoms with E-state index in [1.54, 1.807) is 0 Å². The minimum absolute atomic E-state index is 0.0110. The first kappa shape index (κ1) is 12.9. The second-order valence-corrected chi connectivity index (χ2v) is 7.24. The zero-order valence-corrected chi connectivity index (χ0v) is 12.2. The highest BCUT2D eigenvalue weighted by molar-refractivity contribution is 5.99. The fourth-order valence-corrected chi connectivity index (χ4v) is 3.53. The van der Waals surface area contributed by atoms with Gasteiger partial charge in [0, 0.05) is 6.54 Å². The van der Waals surface area contributed by atoms with Gasteiger partial charge in [-0.15, -0.1) is 0 Å². The molecule has 3 rings (SSSR count). The summed E-state index contributed by atoms with van der Waals surface area (Å²) in [7, 11) is 0. The average molecular weight is 264 g/mol. The number of nitrogens with one attached hydrogen (secondary N) is 1. The molecule has 3 aliphatic rings. The smallest absolute Gasteiger partial charge is 0.249 e. The van der Waals surface area contributed by atoms with Crippen molar-refractivity contribution < 1.29 is 9.59 Å². The Morgan fingerprint density at radius 2 is 1.89 bits per heavy atom. The molecular formula is C15H24N2O2. The van der Waals surface area contributed by atoms with Gasteiger partial charge in [-0.1, -0.05) is 13.3 Å². The normalized spacial score (nSPS) is 37.8. The van der Waals surface area contributed by atoms with E-state index in [9.17, 15) is 9.59 Å². The lowest BCUT2D eigenvalue weighted by atomic mass is 9.69. The molecule has 3 fully saturated rings. The molecule has 2 amide bonds. The van der Waals surface area contributed by atoms with E-state index >= 15 is 0 Å². The Hall–Kier alpha value is -1.06. The van der Waals surface area contributed by atoms with Crippen LogP contribution in [0.1, 0.15) is 52.9 Å². The van der Waals surface area contributed by atoms with Gasteiger partial charge >= 0.3 is 0 Å². The van der Waals surface area contributed by atoms with E-state index in [2.05, 4.69) is 12.2 Å². The van der Waals surface area contributed by atoms with E-state index in [4.69, 9.17) is 0 Å². The first-order chi connectivity index (χ1) is 8.86. The van der Waals surface area contributed by atoms with Crippen molar-refractivity contribution in [2.75, 3.05) is 6.54 Å². The van der Waals surface area contributed by atoms with Crippen molar-refractivity contribution in [1.29, 1.82) is 0 Å². The van der Waals surface area contributed by atoms with Gasteiger partial charge in [-0.25, -0.2) is 0 Å². The summed E-state index contributed by atoms with van der Waals surface area (Å²) in [4.78, 5) is 26.8. The lowest BCUT2D eigenvalue weighted by Gasteiger charge is -2.49. The Morgan fingerprint density at radius 1 is 1.26 bits per heavy atom. The number of rotatable bonds is 3. The Balaban J connectivity index is 1.83. The third-order valence-electron chi connectivity index (χ3n) is 5.44. The van der Waals surface area contributed by atoms with Crippen molar-refractivity contribution in [2.24, 2.45) is 11.3 Å². The van der Waals surface area contributed by atoms with E-state index in [0.29, 0.717) is 5.92 Å². The van der Waals surface area contributed by atoms with Crippen LogP contribution in [-0.4, -0.2) is 34.8 Å². The molecule has 1 N–H and O–H groups in total. The molecule has 0 aromatic rings. The fraction of sp³-hybridized carbons (Fsp3) is 0.867. The molecule has 1 heterocycles. The molecule has 1 saturated heterocycles. The van der Waals surface area contributed by atoms with Crippen molar-refractivity contribution in [1.82, 2.24) is 10.2 Å². The van der Waals surface area contributed by atoms with Crippen molar-refractivity contribution in [3.63, 3.8) is 0 Å². The molecule has 4 nitrogen and oxygen atoms in total. The Bertz CT molecular complexity index is 426. The van der Waals surface area contributed by atoms with Gasteiger partial charge < -0.3 is 10.2 Å². The average Bonchev–Trinajstić information content (AvgIpc) is 3.14. The molecule has 0 bridgehead atoms. The van der Waals surface area contributed by atoms with Crippen molar-refractivity contribution >= 4 is 11.8 Å². The Morgan fingerprint density at radius 3 is 2.37 bits per heavy atom. The van der Waals surface area contributed by atoms with Crippen LogP contribution in [0.5, 0.6) is 0 Å². The summed E-state index contributed by atoms with van der Waals surface area (Å²) in [6.07, 6.45) is 5.71. The third kappa shape index (κ3) is 1.96. The first-order valence-electron chi connectivity index (χ1n) is 7.49. The predicted molar refractivity (Wildman–Crippen MR) is 72.4 cm³/mol. The highest BCUT2D eigenvalue weighted by Crippen LogP contribution is 2.45. The number of nitrogens with zero attached hydrogens (tertiary/aromatic N) is 1. The minimum Gasteiger partial charge on any atom is -0.340 e. The van der Waals surface area contributed by atoms with Crippen LogP contribution in [0, 0.1) is 11.3 Å².